The van der Waals surface area contributed by atoms with Gasteiger partial charge in [0, 0.05) is 44.4 Å². The van der Waals surface area contributed by atoms with Gasteiger partial charge in [0.1, 0.15) is 0 Å². The summed E-state index contributed by atoms with van der Waals surface area (Å²) in [7, 11) is 0. The van der Waals surface area contributed by atoms with E-state index in [1.165, 1.54) is 13.0 Å². The fraction of sp³-hybridized carbons (Fsp3) is 0.375. The molecule has 1 saturated heterocycles. The largest absolute Gasteiger partial charge is 0.309 e. The van der Waals surface area contributed by atoms with Crippen LogP contribution in [0.1, 0.15) is 24.9 Å². The summed E-state index contributed by atoms with van der Waals surface area (Å²) in [5.74, 6) is -1.23. The molecule has 122 valence electrons. The molecule has 1 aliphatic heterocycles. The van der Waals surface area contributed by atoms with E-state index in [4.69, 9.17) is 0 Å². The first-order chi connectivity index (χ1) is 11.0. The van der Waals surface area contributed by atoms with Gasteiger partial charge < -0.3 is 5.32 Å². The average molecular weight is 320 g/mol. The van der Waals surface area contributed by atoms with E-state index >= 15 is 0 Å². The van der Waals surface area contributed by atoms with E-state index < -0.39 is 11.6 Å². The number of benzene rings is 1. The molecule has 1 atom stereocenters. The zero-order valence-corrected chi connectivity index (χ0v) is 12.8. The fourth-order valence-corrected chi connectivity index (χ4v) is 2.87. The molecule has 1 aromatic carbocycles. The molecular weight excluding hydrogens is 302 g/mol. The van der Waals surface area contributed by atoms with Crippen molar-refractivity contribution in [3.63, 3.8) is 0 Å². The van der Waals surface area contributed by atoms with E-state index in [2.05, 4.69) is 15.3 Å². The van der Waals surface area contributed by atoms with Gasteiger partial charge in [-0.25, -0.2) is 8.78 Å². The molecule has 2 aromatic rings. The van der Waals surface area contributed by atoms with Crippen molar-refractivity contribution in [1.29, 1.82) is 0 Å². The van der Waals surface area contributed by atoms with Crippen molar-refractivity contribution in [3.8, 4) is 0 Å². The Morgan fingerprint density at radius 3 is 3.00 bits per heavy atom. The summed E-state index contributed by atoms with van der Waals surface area (Å²) in [4.78, 5) is 13.1. The van der Waals surface area contributed by atoms with Crippen LogP contribution < -0.4 is 5.32 Å². The Morgan fingerprint density at radius 1 is 1.39 bits per heavy atom. The number of carbonyl (C=O) groups is 1. The number of likely N-dealkylation sites (tertiary alicyclic amines) is 1. The molecule has 0 aliphatic carbocycles. The number of nitrogens with one attached hydrogen (secondary N) is 1. The minimum absolute atomic E-state index is 0.161. The SMILES string of the molecule is CC(=O)Nc1ccn([C@H]2CCN(Cc3cccc(F)c3F)C2)n1. The number of amides is 1. The van der Waals surface area contributed by atoms with E-state index in [1.807, 2.05) is 10.9 Å². The third kappa shape index (κ3) is 3.56. The number of halogens is 2. The smallest absolute Gasteiger partial charge is 0.222 e. The van der Waals surface area contributed by atoms with Gasteiger partial charge in [-0.2, -0.15) is 5.10 Å². The van der Waals surface area contributed by atoms with Crippen LogP contribution in [0.5, 0.6) is 0 Å². The van der Waals surface area contributed by atoms with Crippen molar-refractivity contribution in [2.75, 3.05) is 18.4 Å². The Morgan fingerprint density at radius 2 is 2.22 bits per heavy atom. The van der Waals surface area contributed by atoms with Crippen LogP contribution in [0.15, 0.2) is 30.5 Å². The summed E-state index contributed by atoms with van der Waals surface area (Å²) in [6.07, 6.45) is 2.69. The summed E-state index contributed by atoms with van der Waals surface area (Å²) in [6.45, 7) is 3.30. The third-order valence-electron chi connectivity index (χ3n) is 3.96. The van der Waals surface area contributed by atoms with E-state index in [9.17, 15) is 13.6 Å². The zero-order valence-electron chi connectivity index (χ0n) is 12.8. The van der Waals surface area contributed by atoms with Crippen LogP contribution >= 0.6 is 0 Å². The van der Waals surface area contributed by atoms with Crippen molar-refractivity contribution in [3.05, 3.63) is 47.7 Å². The number of carbonyl (C=O) groups excluding carboxylic acids is 1. The van der Waals surface area contributed by atoms with Crippen LogP contribution in [0, 0.1) is 11.6 Å². The first-order valence-corrected chi connectivity index (χ1v) is 7.51. The van der Waals surface area contributed by atoms with Crippen molar-refractivity contribution >= 4 is 11.7 Å². The van der Waals surface area contributed by atoms with Crippen LogP contribution in [0.25, 0.3) is 0 Å². The molecule has 0 radical (unpaired) electrons. The summed E-state index contributed by atoms with van der Waals surface area (Å²) >= 11 is 0. The maximum atomic E-state index is 13.7. The minimum atomic E-state index is -0.815. The fourth-order valence-electron chi connectivity index (χ4n) is 2.87. The van der Waals surface area contributed by atoms with Gasteiger partial charge >= 0.3 is 0 Å². The second kappa shape index (κ2) is 6.45. The highest BCUT2D eigenvalue weighted by atomic mass is 19.2. The van der Waals surface area contributed by atoms with E-state index in [1.54, 1.807) is 12.1 Å². The van der Waals surface area contributed by atoms with Crippen molar-refractivity contribution in [2.45, 2.75) is 25.9 Å². The molecule has 2 heterocycles. The maximum Gasteiger partial charge on any atom is 0.222 e. The van der Waals surface area contributed by atoms with E-state index in [0.717, 1.165) is 19.0 Å². The molecule has 1 amide bonds. The molecule has 23 heavy (non-hydrogen) atoms. The number of nitrogens with zero attached hydrogens (tertiary/aromatic N) is 3. The number of aromatic nitrogens is 2. The van der Waals surface area contributed by atoms with Gasteiger partial charge in [0.15, 0.2) is 17.5 Å². The maximum absolute atomic E-state index is 13.7. The Kier molecular flexibility index (Phi) is 4.38. The molecule has 1 aliphatic rings. The van der Waals surface area contributed by atoms with E-state index in [0.29, 0.717) is 24.5 Å². The van der Waals surface area contributed by atoms with Crippen molar-refractivity contribution in [1.82, 2.24) is 14.7 Å². The molecule has 0 unspecified atom stereocenters. The highest BCUT2D eigenvalue weighted by Gasteiger charge is 2.25. The van der Waals surface area contributed by atoms with Crippen LogP contribution in [-0.2, 0) is 11.3 Å². The molecule has 1 N–H and O–H groups in total. The zero-order chi connectivity index (χ0) is 16.4. The van der Waals surface area contributed by atoms with Gasteiger partial charge in [-0.05, 0) is 12.5 Å². The summed E-state index contributed by atoms with van der Waals surface area (Å²) in [6, 6.07) is 6.16. The van der Waals surface area contributed by atoms with Gasteiger partial charge in [0.25, 0.3) is 0 Å². The predicted octanol–water partition coefficient (Wildman–Crippen LogP) is 2.57. The second-order valence-electron chi connectivity index (χ2n) is 5.75. The average Bonchev–Trinajstić information content (AvgIpc) is 3.12. The third-order valence-corrected chi connectivity index (χ3v) is 3.96. The lowest BCUT2D eigenvalue weighted by atomic mass is 10.2. The topological polar surface area (TPSA) is 50.2 Å². The highest BCUT2D eigenvalue weighted by molar-refractivity contribution is 5.87. The molecule has 1 fully saturated rings. The van der Waals surface area contributed by atoms with Crippen LogP contribution in [0.2, 0.25) is 0 Å². The number of hydrogen-bond acceptors (Lipinski definition) is 3. The van der Waals surface area contributed by atoms with Crippen molar-refractivity contribution in [2.24, 2.45) is 0 Å². The summed E-state index contributed by atoms with van der Waals surface area (Å²) in [5, 5.41) is 6.97. The van der Waals surface area contributed by atoms with Crippen molar-refractivity contribution < 1.29 is 13.6 Å². The molecular formula is C16H18F2N4O. The van der Waals surface area contributed by atoms with E-state index in [-0.39, 0.29) is 11.9 Å². The van der Waals surface area contributed by atoms with Gasteiger partial charge in [0.05, 0.1) is 6.04 Å². The molecule has 3 rings (SSSR count). The standard InChI is InChI=1S/C16H18F2N4O/c1-11(23)19-15-6-8-22(20-15)13-5-7-21(10-13)9-12-3-2-4-14(17)16(12)18/h2-4,6,8,13H,5,7,9-10H2,1H3,(H,19,20,23)/t13-/m0/s1. The first-order valence-electron chi connectivity index (χ1n) is 7.51. The Bertz CT molecular complexity index is 716. The molecule has 0 bridgehead atoms. The second-order valence-corrected chi connectivity index (χ2v) is 5.75. The molecule has 7 heteroatoms. The van der Waals surface area contributed by atoms with Gasteiger partial charge in [-0.3, -0.25) is 14.4 Å². The highest BCUT2D eigenvalue weighted by Crippen LogP contribution is 2.24. The normalized spacial score (nSPS) is 18.3. The minimum Gasteiger partial charge on any atom is -0.309 e. The van der Waals surface area contributed by atoms with Crippen LogP contribution in [0.3, 0.4) is 0 Å². The van der Waals surface area contributed by atoms with Gasteiger partial charge in [0.2, 0.25) is 5.91 Å². The number of hydrogen-bond donors (Lipinski definition) is 1. The Hall–Kier alpha value is -2.28. The monoisotopic (exact) mass is 320 g/mol. The summed E-state index contributed by atoms with van der Waals surface area (Å²) in [5.41, 5.74) is 0.366. The quantitative estimate of drug-likeness (QED) is 0.942. The first kappa shape index (κ1) is 15.6. The molecule has 0 spiro atoms. The Labute approximate surface area is 132 Å². The predicted molar refractivity (Wildman–Crippen MR) is 81.8 cm³/mol. The lowest BCUT2D eigenvalue weighted by Gasteiger charge is -2.16. The number of anilines is 1. The van der Waals surface area contributed by atoms with Crippen LogP contribution in [0.4, 0.5) is 14.6 Å². The van der Waals surface area contributed by atoms with Crippen LogP contribution in [-0.4, -0.2) is 33.7 Å². The number of rotatable bonds is 4. The Balaban J connectivity index is 1.63. The lowest BCUT2D eigenvalue weighted by Crippen LogP contribution is -2.22. The van der Waals surface area contributed by atoms with Gasteiger partial charge in [-0.15, -0.1) is 0 Å². The van der Waals surface area contributed by atoms with Gasteiger partial charge in [-0.1, -0.05) is 12.1 Å². The molecule has 1 aromatic heterocycles. The summed E-state index contributed by atoms with van der Waals surface area (Å²) < 4.78 is 28.8. The molecule has 0 saturated carbocycles. The lowest BCUT2D eigenvalue weighted by molar-refractivity contribution is -0.114. The molecule has 5 nitrogen and oxygen atoms in total.